The normalized spacial score (nSPS) is 13.2. The van der Waals surface area contributed by atoms with Gasteiger partial charge in [-0.1, -0.05) is 181 Å². The highest BCUT2D eigenvalue weighted by molar-refractivity contribution is 7.26. The molecule has 0 saturated heterocycles. The van der Waals surface area contributed by atoms with Gasteiger partial charge < -0.3 is 9.71 Å². The van der Waals surface area contributed by atoms with Crippen LogP contribution < -0.4 is 20.6 Å². The van der Waals surface area contributed by atoms with Gasteiger partial charge in [0.2, 0.25) is 0 Å². The third-order valence-corrected chi connectivity index (χ3v) is 15.1. The maximum atomic E-state index is 2.69. The molecule has 0 fully saturated rings. The maximum absolute atomic E-state index is 2.69. The predicted molar refractivity (Wildman–Crippen MR) is 287 cm³/mol. The van der Waals surface area contributed by atoms with Gasteiger partial charge in [-0.25, -0.2) is 0 Å². The van der Waals surface area contributed by atoms with E-state index in [2.05, 4.69) is 251 Å². The average molecular weight is 867 g/mol. The number of thiophene rings is 1. The molecule has 0 amide bonds. The molecule has 10 aromatic rings. The molecule has 0 radical (unpaired) electrons. The summed E-state index contributed by atoms with van der Waals surface area (Å²) in [6, 6.07) is 75.5. The van der Waals surface area contributed by atoms with E-state index in [0.717, 1.165) is 0 Å². The SMILES string of the molecule is CC(C)(C)c1ccc(N2B3c4c(cc(-c5ccccc5)cc4N(c4ccc(C(C)(C)C)cc4-c4ccccc4)c4ccc5sc6ccccc6c5c43)-c3ccc(-c4ccccc4)cc32)cc1. The van der Waals surface area contributed by atoms with Crippen molar-refractivity contribution in [3.63, 3.8) is 0 Å². The van der Waals surface area contributed by atoms with Crippen molar-refractivity contribution in [2.75, 3.05) is 9.71 Å². The maximum Gasteiger partial charge on any atom is 0.333 e. The van der Waals surface area contributed by atoms with Crippen molar-refractivity contribution in [1.29, 1.82) is 0 Å². The molecule has 0 N–H and O–H groups in total. The molecular weight excluding hydrogens is 816 g/mol. The quantitative estimate of drug-likeness (QED) is 0.159. The van der Waals surface area contributed by atoms with Crippen LogP contribution in [0, 0.1) is 0 Å². The second kappa shape index (κ2) is 15.2. The standard InChI is InChI=1S/C62H51BN2S/c1-61(2,3)45-27-30-47(31-28-45)65-54-37-43(40-18-10-7-11-19-40)26-32-48(54)51-36-44(41-20-12-8-13-21-41)38-55-59(51)63(65)60-53(34-35-57-58(60)49-24-16-17-25-56(49)66-57)64(55)52-33-29-46(62(4,5)6)39-50(52)42-22-14-9-15-23-42/h7-39H,1-6H3. The Kier molecular flexibility index (Phi) is 9.31. The van der Waals surface area contributed by atoms with Crippen molar-refractivity contribution in [1.82, 2.24) is 0 Å². The Balaban J connectivity index is 1.25. The van der Waals surface area contributed by atoms with Gasteiger partial charge in [0.05, 0.1) is 5.69 Å². The van der Waals surface area contributed by atoms with Gasteiger partial charge in [-0.3, -0.25) is 0 Å². The van der Waals surface area contributed by atoms with Crippen LogP contribution in [0.2, 0.25) is 0 Å². The van der Waals surface area contributed by atoms with E-state index in [1.54, 1.807) is 0 Å². The van der Waals surface area contributed by atoms with Gasteiger partial charge in [0.1, 0.15) is 0 Å². The van der Waals surface area contributed by atoms with E-state index in [1.807, 2.05) is 11.3 Å². The van der Waals surface area contributed by atoms with Crippen molar-refractivity contribution in [3.05, 3.63) is 211 Å². The Hall–Kier alpha value is -7.14. The number of rotatable bonds is 5. The van der Waals surface area contributed by atoms with Gasteiger partial charge in [-0.05, 0) is 138 Å². The van der Waals surface area contributed by atoms with E-state index in [4.69, 9.17) is 0 Å². The van der Waals surface area contributed by atoms with E-state index in [0.29, 0.717) is 0 Å². The number of benzene rings is 9. The molecule has 0 aliphatic carbocycles. The summed E-state index contributed by atoms with van der Waals surface area (Å²) >= 11 is 1.90. The second-order valence-electron chi connectivity index (χ2n) is 20.1. The van der Waals surface area contributed by atoms with E-state index in [-0.39, 0.29) is 17.7 Å². The second-order valence-corrected chi connectivity index (χ2v) is 21.2. The number of fused-ring (bicyclic) bond motifs is 8. The highest BCUT2D eigenvalue weighted by Gasteiger charge is 2.47. The molecule has 0 atom stereocenters. The average Bonchev–Trinajstić information content (AvgIpc) is 3.73. The first kappa shape index (κ1) is 40.4. The van der Waals surface area contributed by atoms with E-state index in [9.17, 15) is 0 Å². The van der Waals surface area contributed by atoms with Gasteiger partial charge in [-0.15, -0.1) is 11.3 Å². The van der Waals surface area contributed by atoms with Crippen LogP contribution in [-0.2, 0) is 10.8 Å². The van der Waals surface area contributed by atoms with Crippen LogP contribution in [0.1, 0.15) is 52.7 Å². The molecule has 9 aromatic carbocycles. The van der Waals surface area contributed by atoms with Crippen LogP contribution in [0.15, 0.2) is 200 Å². The number of hydrogen-bond acceptors (Lipinski definition) is 3. The molecule has 2 aliphatic rings. The summed E-state index contributed by atoms with van der Waals surface area (Å²) in [5.41, 5.74) is 21.0. The molecule has 2 aliphatic heterocycles. The van der Waals surface area contributed by atoms with Gasteiger partial charge in [0.15, 0.2) is 0 Å². The summed E-state index contributed by atoms with van der Waals surface area (Å²) in [6.07, 6.45) is 0. The zero-order chi connectivity index (χ0) is 44.9. The summed E-state index contributed by atoms with van der Waals surface area (Å²) < 4.78 is 2.61. The Morgan fingerprint density at radius 2 is 0.970 bits per heavy atom. The Bertz CT molecular complexity index is 3490. The van der Waals surface area contributed by atoms with Crippen molar-refractivity contribution in [2.45, 2.75) is 52.4 Å². The predicted octanol–water partition coefficient (Wildman–Crippen LogP) is 16.4. The lowest BCUT2D eigenvalue weighted by atomic mass is 9.42. The fourth-order valence-corrected chi connectivity index (χ4v) is 11.7. The van der Waals surface area contributed by atoms with Crippen LogP contribution in [0.5, 0.6) is 0 Å². The largest absolute Gasteiger partial charge is 0.376 e. The zero-order valence-electron chi connectivity index (χ0n) is 38.4. The summed E-state index contributed by atoms with van der Waals surface area (Å²) in [4.78, 5) is 5.31. The zero-order valence-corrected chi connectivity index (χ0v) is 39.2. The molecule has 3 heterocycles. The minimum Gasteiger partial charge on any atom is -0.376 e. The first-order chi connectivity index (χ1) is 32.0. The Labute approximate surface area is 393 Å². The first-order valence-corrected chi connectivity index (χ1v) is 24.1. The monoisotopic (exact) mass is 866 g/mol. The molecule has 0 spiro atoms. The van der Waals surface area contributed by atoms with E-state index in [1.165, 1.54) is 115 Å². The molecular formula is C62H51BN2S. The molecule has 1 aromatic heterocycles. The molecule has 4 heteroatoms. The fourth-order valence-electron chi connectivity index (χ4n) is 10.6. The van der Waals surface area contributed by atoms with Crippen LogP contribution in [-0.4, -0.2) is 6.85 Å². The van der Waals surface area contributed by atoms with Crippen molar-refractivity contribution >= 4 is 77.7 Å². The summed E-state index contributed by atoms with van der Waals surface area (Å²) in [7, 11) is 0. The van der Waals surface area contributed by atoms with Crippen LogP contribution >= 0.6 is 11.3 Å². The molecule has 0 saturated carbocycles. The lowest BCUT2D eigenvalue weighted by Gasteiger charge is -2.46. The molecule has 12 rings (SSSR count). The van der Waals surface area contributed by atoms with Gasteiger partial charge in [0, 0.05) is 43.3 Å². The molecule has 318 valence electrons. The summed E-state index contributed by atoms with van der Waals surface area (Å²) in [6.45, 7) is 13.7. The van der Waals surface area contributed by atoms with Gasteiger partial charge >= 0.3 is 6.85 Å². The number of anilines is 5. The molecule has 2 nitrogen and oxygen atoms in total. The number of hydrogen-bond donors (Lipinski definition) is 0. The van der Waals surface area contributed by atoms with Gasteiger partial charge in [-0.2, -0.15) is 0 Å². The Morgan fingerprint density at radius 3 is 1.65 bits per heavy atom. The molecule has 0 bridgehead atoms. The first-order valence-electron chi connectivity index (χ1n) is 23.3. The van der Waals surface area contributed by atoms with Crippen LogP contribution in [0.25, 0.3) is 64.7 Å². The number of nitrogens with zero attached hydrogens (tertiary/aromatic N) is 2. The fraction of sp³-hybridized carbons (Fsp3) is 0.129. The van der Waals surface area contributed by atoms with Crippen LogP contribution in [0.4, 0.5) is 28.4 Å². The van der Waals surface area contributed by atoms with Crippen molar-refractivity contribution in [3.8, 4) is 44.5 Å². The lowest BCUT2D eigenvalue weighted by Crippen LogP contribution is -2.61. The summed E-state index contributed by atoms with van der Waals surface area (Å²) in [5, 5.41) is 2.64. The minimum atomic E-state index is -0.152. The van der Waals surface area contributed by atoms with Crippen molar-refractivity contribution in [2.24, 2.45) is 0 Å². The highest BCUT2D eigenvalue weighted by atomic mass is 32.1. The summed E-state index contributed by atoms with van der Waals surface area (Å²) in [5.74, 6) is 0. The molecule has 66 heavy (non-hydrogen) atoms. The topological polar surface area (TPSA) is 6.48 Å². The third-order valence-electron chi connectivity index (χ3n) is 14.0. The smallest absolute Gasteiger partial charge is 0.333 e. The highest BCUT2D eigenvalue weighted by Crippen LogP contribution is 2.52. The van der Waals surface area contributed by atoms with Crippen LogP contribution in [0.3, 0.4) is 0 Å². The van der Waals surface area contributed by atoms with Crippen molar-refractivity contribution < 1.29 is 0 Å². The molecule has 0 unspecified atom stereocenters. The Morgan fingerprint density at radius 1 is 0.379 bits per heavy atom. The third kappa shape index (κ3) is 6.53. The lowest BCUT2D eigenvalue weighted by molar-refractivity contribution is 0.590. The minimum absolute atomic E-state index is 0.0190. The van der Waals surface area contributed by atoms with E-state index < -0.39 is 0 Å². The van der Waals surface area contributed by atoms with Gasteiger partial charge in [0.25, 0.3) is 0 Å². The van der Waals surface area contributed by atoms with E-state index >= 15 is 0 Å².